The molecule has 1 N–H and O–H groups in total. The van der Waals surface area contributed by atoms with Gasteiger partial charge in [0.05, 0.1) is 10.5 Å². The van der Waals surface area contributed by atoms with Crippen molar-refractivity contribution in [2.75, 3.05) is 20.1 Å². The normalized spacial score (nSPS) is 17.1. The predicted octanol–water partition coefficient (Wildman–Crippen LogP) is 7.09. The molecule has 5 rings (SSSR count). The zero-order valence-electron chi connectivity index (χ0n) is 19.4. The van der Waals surface area contributed by atoms with E-state index in [1.165, 1.54) is 0 Å². The lowest BCUT2D eigenvalue weighted by Crippen LogP contribution is -2.43. The number of likely N-dealkylation sites (tertiary alicyclic amines) is 1. The molecule has 5 heteroatoms. The van der Waals surface area contributed by atoms with E-state index in [9.17, 15) is 5.11 Å². The third-order valence-corrected chi connectivity index (χ3v) is 7.86. The van der Waals surface area contributed by atoms with Crippen LogP contribution in [-0.4, -0.2) is 35.1 Å². The molecule has 1 aromatic heterocycles. The Morgan fingerprint density at radius 3 is 2.18 bits per heavy atom. The van der Waals surface area contributed by atoms with E-state index in [1.807, 2.05) is 73.7 Å². The van der Waals surface area contributed by atoms with Crippen LogP contribution in [0, 0.1) is 12.8 Å². The van der Waals surface area contributed by atoms with Gasteiger partial charge in [-0.1, -0.05) is 89.9 Å². The number of nitrogens with zero attached hydrogens (tertiary/aromatic N) is 2. The predicted molar refractivity (Wildman–Crippen MR) is 142 cm³/mol. The molecule has 0 radical (unpaired) electrons. The number of halogens is 2. The summed E-state index contributed by atoms with van der Waals surface area (Å²) in [5, 5.41) is 14.2. The van der Waals surface area contributed by atoms with Crippen molar-refractivity contribution in [3.05, 3.63) is 99.7 Å². The maximum Gasteiger partial charge on any atom is 0.139 e. The van der Waals surface area contributed by atoms with E-state index in [2.05, 4.69) is 18.0 Å². The van der Waals surface area contributed by atoms with E-state index in [-0.39, 0.29) is 5.92 Å². The van der Waals surface area contributed by atoms with Crippen molar-refractivity contribution >= 4 is 34.1 Å². The number of rotatable bonds is 4. The average Bonchev–Trinajstić information content (AvgIpc) is 2.86. The molecule has 0 saturated carbocycles. The van der Waals surface area contributed by atoms with E-state index < -0.39 is 5.60 Å². The Kier molecular flexibility index (Phi) is 6.39. The van der Waals surface area contributed by atoms with Crippen LogP contribution in [0.15, 0.2) is 72.8 Å². The van der Waals surface area contributed by atoms with Gasteiger partial charge in [-0.15, -0.1) is 0 Å². The molecule has 3 nitrogen and oxygen atoms in total. The first-order valence-corrected chi connectivity index (χ1v) is 12.5. The molecule has 174 valence electrons. The highest BCUT2D eigenvalue weighted by Gasteiger charge is 2.41. The second-order valence-corrected chi connectivity index (χ2v) is 10.1. The monoisotopic (exact) mass is 490 g/mol. The van der Waals surface area contributed by atoms with Gasteiger partial charge >= 0.3 is 0 Å². The third kappa shape index (κ3) is 4.01. The Labute approximate surface area is 211 Å². The molecular weight excluding hydrogens is 463 g/mol. The van der Waals surface area contributed by atoms with Gasteiger partial charge in [0.25, 0.3) is 0 Å². The zero-order chi connectivity index (χ0) is 23.9. The fraction of sp³-hybridized carbons (Fsp3) is 0.276. The summed E-state index contributed by atoms with van der Waals surface area (Å²) in [7, 11) is 2.14. The summed E-state index contributed by atoms with van der Waals surface area (Å²) in [6, 6.07) is 23.9. The summed E-state index contributed by atoms with van der Waals surface area (Å²) in [5.74, 6) is 0.0931. The summed E-state index contributed by atoms with van der Waals surface area (Å²) in [6.07, 6.45) is 1.84. The topological polar surface area (TPSA) is 36.4 Å². The molecule has 0 aliphatic carbocycles. The van der Waals surface area contributed by atoms with Gasteiger partial charge in [0.15, 0.2) is 0 Å². The minimum atomic E-state index is -1.13. The number of pyridine rings is 1. The molecule has 1 fully saturated rings. The number of benzene rings is 3. The molecule has 2 heterocycles. The molecular formula is C29H28Cl2N2O. The van der Waals surface area contributed by atoms with Crippen molar-refractivity contribution in [1.29, 1.82) is 0 Å². The van der Waals surface area contributed by atoms with Crippen LogP contribution < -0.4 is 0 Å². The molecule has 34 heavy (non-hydrogen) atoms. The first-order valence-electron chi connectivity index (χ1n) is 11.7. The highest BCUT2D eigenvalue weighted by Crippen LogP contribution is 2.45. The third-order valence-electron chi connectivity index (χ3n) is 7.20. The van der Waals surface area contributed by atoms with Crippen molar-refractivity contribution < 1.29 is 5.11 Å². The van der Waals surface area contributed by atoms with Crippen LogP contribution in [0.4, 0.5) is 0 Å². The minimum Gasteiger partial charge on any atom is -0.380 e. The Morgan fingerprint density at radius 2 is 1.53 bits per heavy atom. The van der Waals surface area contributed by atoms with Crippen molar-refractivity contribution in [3.63, 3.8) is 0 Å². The van der Waals surface area contributed by atoms with Gasteiger partial charge in [0, 0.05) is 10.9 Å². The van der Waals surface area contributed by atoms with Gasteiger partial charge in [-0.05, 0) is 74.1 Å². The molecule has 1 aliphatic rings. The van der Waals surface area contributed by atoms with Crippen LogP contribution in [-0.2, 0) is 5.60 Å². The maximum absolute atomic E-state index is 12.5. The standard InChI is InChI=1S/C29H28Cl2N2O/c1-19-17-23(29(34,21-11-7-4-8-12-21)22-13-15-33(2)16-14-22)18-24-26(30)25(28(31)32-27(19)24)20-9-5-3-6-10-20/h3-12,17-18,22,34H,13-16H2,1-2H3. The Morgan fingerprint density at radius 1 is 0.912 bits per heavy atom. The van der Waals surface area contributed by atoms with E-state index in [0.29, 0.717) is 10.2 Å². The summed E-state index contributed by atoms with van der Waals surface area (Å²) in [6.45, 7) is 3.93. The first kappa shape index (κ1) is 23.3. The molecule has 0 amide bonds. The van der Waals surface area contributed by atoms with Gasteiger partial charge in [0.1, 0.15) is 10.8 Å². The molecule has 3 aromatic carbocycles. The summed E-state index contributed by atoms with van der Waals surface area (Å²) >= 11 is 13.6. The summed E-state index contributed by atoms with van der Waals surface area (Å²) in [4.78, 5) is 7.05. The lowest BCUT2D eigenvalue weighted by atomic mass is 9.71. The minimum absolute atomic E-state index is 0.0931. The van der Waals surface area contributed by atoms with Crippen LogP contribution in [0.25, 0.3) is 22.0 Å². The number of aromatic nitrogens is 1. The Balaban J connectivity index is 1.74. The molecule has 0 spiro atoms. The van der Waals surface area contributed by atoms with Crippen LogP contribution in [0.5, 0.6) is 0 Å². The van der Waals surface area contributed by atoms with Crippen molar-refractivity contribution in [1.82, 2.24) is 9.88 Å². The van der Waals surface area contributed by atoms with Gasteiger partial charge in [-0.3, -0.25) is 0 Å². The Hall–Kier alpha value is -2.43. The van der Waals surface area contributed by atoms with Crippen molar-refractivity contribution in [3.8, 4) is 11.1 Å². The first-order chi connectivity index (χ1) is 16.4. The number of aliphatic hydroxyl groups is 1. The summed E-state index contributed by atoms with van der Waals surface area (Å²) in [5.41, 5.74) is 3.97. The highest BCUT2D eigenvalue weighted by atomic mass is 35.5. The van der Waals surface area contributed by atoms with Crippen molar-refractivity contribution in [2.24, 2.45) is 5.92 Å². The molecule has 0 bridgehead atoms. The molecule has 1 atom stereocenters. The number of piperidine rings is 1. The maximum atomic E-state index is 12.5. The number of fused-ring (bicyclic) bond motifs is 1. The summed E-state index contributed by atoms with van der Waals surface area (Å²) < 4.78 is 0. The molecule has 1 saturated heterocycles. The average molecular weight is 491 g/mol. The zero-order valence-corrected chi connectivity index (χ0v) is 20.9. The van der Waals surface area contributed by atoms with E-state index in [0.717, 1.165) is 64.7 Å². The quantitative estimate of drug-likeness (QED) is 0.310. The van der Waals surface area contributed by atoms with Crippen LogP contribution in [0.2, 0.25) is 10.2 Å². The molecule has 4 aromatic rings. The van der Waals surface area contributed by atoms with Gasteiger partial charge in [-0.25, -0.2) is 4.98 Å². The van der Waals surface area contributed by atoms with Gasteiger partial charge in [0.2, 0.25) is 0 Å². The lowest BCUT2D eigenvalue weighted by Gasteiger charge is -2.41. The van der Waals surface area contributed by atoms with Crippen molar-refractivity contribution in [2.45, 2.75) is 25.4 Å². The largest absolute Gasteiger partial charge is 0.380 e. The van der Waals surface area contributed by atoms with Gasteiger partial charge in [-0.2, -0.15) is 0 Å². The lowest BCUT2D eigenvalue weighted by molar-refractivity contribution is -0.0108. The molecule has 1 unspecified atom stereocenters. The van der Waals surface area contributed by atoms with E-state index >= 15 is 0 Å². The van der Waals surface area contributed by atoms with E-state index in [1.54, 1.807) is 0 Å². The number of hydrogen-bond donors (Lipinski definition) is 1. The van der Waals surface area contributed by atoms with Crippen LogP contribution in [0.3, 0.4) is 0 Å². The molecule has 1 aliphatic heterocycles. The van der Waals surface area contributed by atoms with Gasteiger partial charge < -0.3 is 10.0 Å². The highest BCUT2D eigenvalue weighted by molar-refractivity contribution is 6.42. The second kappa shape index (κ2) is 9.31. The Bertz CT molecular complexity index is 1320. The smallest absolute Gasteiger partial charge is 0.139 e. The fourth-order valence-electron chi connectivity index (χ4n) is 5.30. The van der Waals surface area contributed by atoms with E-state index in [4.69, 9.17) is 28.2 Å². The SMILES string of the molecule is Cc1cc(C(O)(c2ccccc2)C2CCN(C)CC2)cc2c(Cl)c(-c3ccccc3)c(Cl)nc12. The number of aryl methyl sites for hydroxylation is 1. The van der Waals surface area contributed by atoms with Crippen LogP contribution in [0.1, 0.15) is 29.5 Å². The second-order valence-electron chi connectivity index (χ2n) is 9.36. The fourth-order valence-corrected chi connectivity index (χ4v) is 5.98. The van der Waals surface area contributed by atoms with Crippen LogP contribution >= 0.6 is 23.2 Å². The number of hydrogen-bond acceptors (Lipinski definition) is 3.